The highest BCUT2D eigenvalue weighted by Gasteiger charge is 2.32. The van der Waals surface area contributed by atoms with Gasteiger partial charge in [0.25, 0.3) is 11.8 Å². The van der Waals surface area contributed by atoms with Crippen LogP contribution in [-0.4, -0.2) is 72.8 Å². The third-order valence-electron chi connectivity index (χ3n) is 8.25. The normalized spacial score (nSPS) is 14.9. The molecule has 4 heterocycles. The zero-order valence-corrected chi connectivity index (χ0v) is 26.8. The van der Waals surface area contributed by atoms with Crippen molar-refractivity contribution in [2.75, 3.05) is 38.0 Å². The number of ether oxygens (including phenoxy) is 3. The van der Waals surface area contributed by atoms with Crippen molar-refractivity contribution in [3.05, 3.63) is 78.0 Å². The fourth-order valence-corrected chi connectivity index (χ4v) is 5.74. The molecule has 6 rings (SSSR count). The summed E-state index contributed by atoms with van der Waals surface area (Å²) < 4.78 is 23.2. The molecular formula is C35H35N5O8. The van der Waals surface area contributed by atoms with E-state index < -0.39 is 11.9 Å². The number of aliphatic imine (C=N–C) groups is 1. The summed E-state index contributed by atoms with van der Waals surface area (Å²) in [4.78, 5) is 56.6. The summed E-state index contributed by atoms with van der Waals surface area (Å²) in [5, 5.41) is 5.59. The van der Waals surface area contributed by atoms with E-state index in [1.807, 2.05) is 23.2 Å². The number of fused-ring (bicyclic) bond motifs is 2. The van der Waals surface area contributed by atoms with E-state index in [1.165, 1.54) is 26.5 Å². The smallest absolute Gasteiger partial charge is 0.354 e. The highest BCUT2D eigenvalue weighted by Crippen LogP contribution is 2.38. The summed E-state index contributed by atoms with van der Waals surface area (Å²) in [7, 11) is 4.48. The summed E-state index contributed by atoms with van der Waals surface area (Å²) in [6.45, 7) is 0.979. The van der Waals surface area contributed by atoms with E-state index in [1.54, 1.807) is 48.1 Å². The third-order valence-corrected chi connectivity index (χ3v) is 8.25. The summed E-state index contributed by atoms with van der Waals surface area (Å²) >= 11 is 0. The molecular weight excluding hydrogens is 618 g/mol. The number of methoxy groups -OCH3 is 2. The number of hydrogen-bond donors (Lipinski definition) is 2. The first-order valence-electron chi connectivity index (χ1n) is 15.5. The number of esters is 1. The maximum atomic E-state index is 13.1. The van der Waals surface area contributed by atoms with E-state index in [-0.39, 0.29) is 36.6 Å². The van der Waals surface area contributed by atoms with E-state index in [9.17, 15) is 19.2 Å². The van der Waals surface area contributed by atoms with Crippen LogP contribution in [0.1, 0.15) is 57.1 Å². The van der Waals surface area contributed by atoms with E-state index in [2.05, 4.69) is 15.6 Å². The van der Waals surface area contributed by atoms with Crippen molar-refractivity contribution in [2.24, 2.45) is 12.0 Å². The number of amides is 3. The molecule has 1 atom stereocenters. The molecule has 4 aromatic rings. The lowest BCUT2D eigenvalue weighted by atomic mass is 10.1. The van der Waals surface area contributed by atoms with Gasteiger partial charge in [0.2, 0.25) is 5.91 Å². The molecule has 2 aromatic carbocycles. The molecule has 2 aliphatic heterocycles. The van der Waals surface area contributed by atoms with Crippen LogP contribution in [0.25, 0.3) is 11.1 Å². The topological polar surface area (TPSA) is 154 Å². The lowest BCUT2D eigenvalue weighted by molar-refractivity contribution is -0.116. The number of hydrogen-bond acceptors (Lipinski definition) is 9. The van der Waals surface area contributed by atoms with Gasteiger partial charge in [-0.15, -0.1) is 0 Å². The molecule has 13 nitrogen and oxygen atoms in total. The predicted octanol–water partition coefficient (Wildman–Crippen LogP) is 5.45. The molecule has 0 aliphatic carbocycles. The summed E-state index contributed by atoms with van der Waals surface area (Å²) in [5.74, 6) is -0.214. The number of carbonyl (C=O) groups excluding carboxylic acids is 4. The van der Waals surface area contributed by atoms with Gasteiger partial charge in [0.15, 0.2) is 17.3 Å². The Hall–Kier alpha value is -5.85. The van der Waals surface area contributed by atoms with Crippen LogP contribution in [0.15, 0.2) is 70.4 Å². The second kappa shape index (κ2) is 13.9. The Morgan fingerprint density at radius 1 is 1.00 bits per heavy atom. The number of rotatable bonds is 11. The second-order valence-corrected chi connectivity index (χ2v) is 11.5. The molecule has 1 unspecified atom stereocenters. The standard InChI is InChI=1S/C35H35N5O8/c1-39-19-24(15-28(39)35(44)46-3)38-33(42)31-14-22(20-48-31)21-8-10-23(11-9-21)37-32(41)7-5-13-47-30-17-27-26(16-29(30)45-2)34(43)40-12-4-6-25(40)18-36-27/h8-11,14-20,25H,4-7,12-13H2,1-3H3,(H,37,41)(H,38,42). The average Bonchev–Trinajstić information content (AvgIpc) is 3.84. The number of nitrogens with zero attached hydrogens (tertiary/aromatic N) is 3. The van der Waals surface area contributed by atoms with E-state index in [0.29, 0.717) is 58.3 Å². The molecule has 2 N–H and O–H groups in total. The van der Waals surface area contributed by atoms with Gasteiger partial charge in [-0.3, -0.25) is 19.4 Å². The van der Waals surface area contributed by atoms with Crippen LogP contribution in [-0.2, 0) is 16.6 Å². The van der Waals surface area contributed by atoms with Gasteiger partial charge in [-0.1, -0.05) is 12.1 Å². The zero-order chi connectivity index (χ0) is 33.8. The number of furan rings is 1. The molecule has 48 heavy (non-hydrogen) atoms. The molecule has 0 radical (unpaired) electrons. The van der Waals surface area contributed by atoms with Gasteiger partial charge in [0, 0.05) is 49.7 Å². The van der Waals surface area contributed by atoms with Crippen molar-refractivity contribution in [1.29, 1.82) is 0 Å². The van der Waals surface area contributed by atoms with Gasteiger partial charge in [0.1, 0.15) is 5.69 Å². The Bertz CT molecular complexity index is 1890. The number of aromatic nitrogens is 1. The second-order valence-electron chi connectivity index (χ2n) is 11.5. The molecule has 2 aromatic heterocycles. The first-order valence-corrected chi connectivity index (χ1v) is 15.5. The monoisotopic (exact) mass is 653 g/mol. The lowest BCUT2D eigenvalue weighted by Gasteiger charge is -2.20. The van der Waals surface area contributed by atoms with Crippen LogP contribution < -0.4 is 20.1 Å². The highest BCUT2D eigenvalue weighted by atomic mass is 16.5. The molecule has 1 saturated heterocycles. The van der Waals surface area contributed by atoms with Crippen molar-refractivity contribution in [3.8, 4) is 22.6 Å². The lowest BCUT2D eigenvalue weighted by Crippen LogP contribution is -2.35. The first kappa shape index (κ1) is 32.1. The number of benzene rings is 2. The number of carbonyl (C=O) groups is 4. The molecule has 0 spiro atoms. The molecule has 1 fully saturated rings. The minimum atomic E-state index is -0.513. The van der Waals surface area contributed by atoms with Gasteiger partial charge >= 0.3 is 5.97 Å². The van der Waals surface area contributed by atoms with Crippen LogP contribution in [0, 0.1) is 0 Å². The van der Waals surface area contributed by atoms with Crippen LogP contribution in [0.4, 0.5) is 17.1 Å². The Morgan fingerprint density at radius 2 is 1.81 bits per heavy atom. The van der Waals surface area contributed by atoms with E-state index >= 15 is 0 Å². The van der Waals surface area contributed by atoms with Gasteiger partial charge in [-0.25, -0.2) is 4.79 Å². The molecule has 0 saturated carbocycles. The van der Waals surface area contributed by atoms with Crippen molar-refractivity contribution in [2.45, 2.75) is 31.7 Å². The SMILES string of the molecule is COC(=O)c1cc(NC(=O)c2cc(-c3ccc(NC(=O)CCCOc4cc5c(cc4OC)C(=O)N4CCCC4C=N5)cc3)co2)cn1C. The Labute approximate surface area is 276 Å². The number of aryl methyl sites for hydroxylation is 1. The Kier molecular flexibility index (Phi) is 9.28. The number of nitrogens with one attached hydrogen (secondary N) is 2. The quantitative estimate of drug-likeness (QED) is 0.160. The molecule has 0 bridgehead atoms. The van der Waals surface area contributed by atoms with Gasteiger partial charge in [-0.05, 0) is 55.2 Å². The maximum absolute atomic E-state index is 13.1. The van der Waals surface area contributed by atoms with Gasteiger partial charge < -0.3 is 38.7 Å². The summed E-state index contributed by atoms with van der Waals surface area (Å²) in [6.07, 6.45) is 7.44. The van der Waals surface area contributed by atoms with Gasteiger partial charge in [-0.2, -0.15) is 0 Å². The van der Waals surface area contributed by atoms with Crippen molar-refractivity contribution >= 4 is 47.0 Å². The fraction of sp³-hybridized carbons (Fsp3) is 0.286. The number of anilines is 2. The van der Waals surface area contributed by atoms with Gasteiger partial charge in [0.05, 0.1) is 50.1 Å². The summed E-state index contributed by atoms with van der Waals surface area (Å²) in [5.41, 5.74) is 3.85. The summed E-state index contributed by atoms with van der Waals surface area (Å²) in [6, 6.07) is 13.7. The largest absolute Gasteiger partial charge is 0.493 e. The molecule has 248 valence electrons. The Morgan fingerprint density at radius 3 is 2.58 bits per heavy atom. The van der Waals surface area contributed by atoms with E-state index in [0.717, 1.165) is 18.4 Å². The van der Waals surface area contributed by atoms with Crippen LogP contribution in [0.3, 0.4) is 0 Å². The minimum Gasteiger partial charge on any atom is -0.493 e. The van der Waals surface area contributed by atoms with Crippen molar-refractivity contribution < 1.29 is 37.8 Å². The highest BCUT2D eigenvalue weighted by molar-refractivity contribution is 6.04. The fourth-order valence-electron chi connectivity index (χ4n) is 5.74. The zero-order valence-electron chi connectivity index (χ0n) is 26.8. The minimum absolute atomic E-state index is 0.0124. The Balaban J connectivity index is 0.988. The predicted molar refractivity (Wildman–Crippen MR) is 177 cm³/mol. The van der Waals surface area contributed by atoms with Crippen LogP contribution in [0.5, 0.6) is 11.5 Å². The van der Waals surface area contributed by atoms with Crippen LogP contribution in [0.2, 0.25) is 0 Å². The van der Waals surface area contributed by atoms with Crippen molar-refractivity contribution in [3.63, 3.8) is 0 Å². The average molecular weight is 654 g/mol. The first-order chi connectivity index (χ1) is 23.2. The maximum Gasteiger partial charge on any atom is 0.354 e. The van der Waals surface area contributed by atoms with Crippen molar-refractivity contribution in [1.82, 2.24) is 9.47 Å². The molecule has 3 amide bonds. The third kappa shape index (κ3) is 6.80. The van der Waals surface area contributed by atoms with E-state index in [4.69, 9.17) is 18.6 Å². The molecule has 2 aliphatic rings. The van der Waals surface area contributed by atoms with Crippen LogP contribution >= 0.6 is 0 Å². The molecule has 13 heteroatoms.